The number of aryl methyl sites for hydroxylation is 1. The number of carbonyl (C=O) groups is 1. The number of amides is 1. The third-order valence-corrected chi connectivity index (χ3v) is 2.79. The van der Waals surface area contributed by atoms with Crippen LogP contribution in [0.5, 0.6) is 5.75 Å². The highest BCUT2D eigenvalue weighted by molar-refractivity contribution is 6.30. The highest BCUT2D eigenvalue weighted by Crippen LogP contribution is 2.19. The van der Waals surface area contributed by atoms with Crippen LogP contribution in [-0.4, -0.2) is 22.2 Å². The van der Waals surface area contributed by atoms with Crippen molar-refractivity contribution in [2.45, 2.75) is 20.0 Å². The molecule has 0 radical (unpaired) electrons. The molecular weight excluding hydrogens is 266 g/mol. The number of nitrogens with zero attached hydrogens (tertiary/aromatic N) is 1. The van der Waals surface area contributed by atoms with Gasteiger partial charge in [-0.2, -0.15) is 5.10 Å². The van der Waals surface area contributed by atoms with E-state index in [9.17, 15) is 4.79 Å². The lowest BCUT2D eigenvalue weighted by molar-refractivity contribution is -0.122. The van der Waals surface area contributed by atoms with E-state index in [4.69, 9.17) is 16.3 Å². The molecule has 1 amide bonds. The van der Waals surface area contributed by atoms with E-state index in [1.54, 1.807) is 37.4 Å². The Hall–Kier alpha value is -2.01. The van der Waals surface area contributed by atoms with Gasteiger partial charge in [-0.25, -0.2) is 0 Å². The summed E-state index contributed by atoms with van der Waals surface area (Å²) < 4.78 is 5.51. The Morgan fingerprint density at radius 3 is 2.95 bits per heavy atom. The van der Waals surface area contributed by atoms with E-state index >= 15 is 0 Å². The first-order valence-corrected chi connectivity index (χ1v) is 6.17. The number of aromatic amines is 1. The number of rotatable bonds is 4. The molecule has 1 atom stereocenters. The molecule has 2 rings (SSSR count). The maximum Gasteiger partial charge on any atom is 0.266 e. The Morgan fingerprint density at radius 1 is 1.53 bits per heavy atom. The molecule has 100 valence electrons. The highest BCUT2D eigenvalue weighted by atomic mass is 35.5. The molecule has 0 aliphatic heterocycles. The predicted octanol–water partition coefficient (Wildman–Crippen LogP) is 2.78. The van der Waals surface area contributed by atoms with Crippen LogP contribution in [0, 0.1) is 6.92 Å². The largest absolute Gasteiger partial charge is 0.481 e. The second-order valence-electron chi connectivity index (χ2n) is 4.13. The topological polar surface area (TPSA) is 67.0 Å². The molecule has 0 spiro atoms. The first-order chi connectivity index (χ1) is 9.06. The van der Waals surface area contributed by atoms with Crippen molar-refractivity contribution in [3.63, 3.8) is 0 Å². The van der Waals surface area contributed by atoms with E-state index in [0.29, 0.717) is 16.6 Å². The van der Waals surface area contributed by atoms with Crippen LogP contribution in [0.2, 0.25) is 5.02 Å². The third-order valence-electron chi connectivity index (χ3n) is 2.56. The lowest BCUT2D eigenvalue weighted by atomic mass is 10.3. The van der Waals surface area contributed by atoms with Crippen molar-refractivity contribution in [2.75, 3.05) is 5.32 Å². The van der Waals surface area contributed by atoms with Crippen LogP contribution < -0.4 is 10.1 Å². The highest BCUT2D eigenvalue weighted by Gasteiger charge is 2.16. The van der Waals surface area contributed by atoms with Crippen molar-refractivity contribution in [1.82, 2.24) is 10.2 Å². The molecule has 0 aliphatic carbocycles. The van der Waals surface area contributed by atoms with Crippen molar-refractivity contribution in [2.24, 2.45) is 0 Å². The standard InChI is InChI=1S/C13H14ClN3O2/c1-8-7-15-17-12(8)16-13(18)9(2)19-11-5-3-4-10(14)6-11/h3-7,9H,1-2H3,(H2,15,16,17,18). The molecule has 5 nitrogen and oxygen atoms in total. The second-order valence-corrected chi connectivity index (χ2v) is 4.57. The van der Waals surface area contributed by atoms with Gasteiger partial charge >= 0.3 is 0 Å². The van der Waals surface area contributed by atoms with Gasteiger partial charge in [-0.3, -0.25) is 9.89 Å². The van der Waals surface area contributed by atoms with Crippen molar-refractivity contribution in [3.05, 3.63) is 41.0 Å². The Bertz CT molecular complexity index is 583. The Balaban J connectivity index is 1.98. The Morgan fingerprint density at radius 2 is 2.32 bits per heavy atom. The minimum absolute atomic E-state index is 0.257. The van der Waals surface area contributed by atoms with Crippen molar-refractivity contribution < 1.29 is 9.53 Å². The molecular formula is C13H14ClN3O2. The van der Waals surface area contributed by atoms with Crippen LogP contribution >= 0.6 is 11.6 Å². The van der Waals surface area contributed by atoms with Crippen LogP contribution in [0.4, 0.5) is 5.82 Å². The van der Waals surface area contributed by atoms with Crippen LogP contribution in [0.1, 0.15) is 12.5 Å². The van der Waals surface area contributed by atoms with Gasteiger partial charge in [0.25, 0.3) is 5.91 Å². The van der Waals surface area contributed by atoms with Gasteiger partial charge in [-0.15, -0.1) is 0 Å². The monoisotopic (exact) mass is 279 g/mol. The van der Waals surface area contributed by atoms with E-state index < -0.39 is 6.10 Å². The zero-order valence-corrected chi connectivity index (χ0v) is 11.4. The van der Waals surface area contributed by atoms with E-state index in [2.05, 4.69) is 15.5 Å². The van der Waals surface area contributed by atoms with Crippen LogP contribution in [-0.2, 0) is 4.79 Å². The molecule has 19 heavy (non-hydrogen) atoms. The molecule has 0 saturated heterocycles. The number of hydrogen-bond donors (Lipinski definition) is 2. The average Bonchev–Trinajstić information content (AvgIpc) is 2.75. The molecule has 1 aromatic carbocycles. The van der Waals surface area contributed by atoms with Gasteiger partial charge in [-0.1, -0.05) is 17.7 Å². The summed E-state index contributed by atoms with van der Waals surface area (Å²) in [6.45, 7) is 3.52. The van der Waals surface area contributed by atoms with Gasteiger partial charge < -0.3 is 10.1 Å². The van der Waals surface area contributed by atoms with Crippen LogP contribution in [0.3, 0.4) is 0 Å². The summed E-state index contributed by atoms with van der Waals surface area (Å²) in [7, 11) is 0. The summed E-state index contributed by atoms with van der Waals surface area (Å²) >= 11 is 5.85. The van der Waals surface area contributed by atoms with Gasteiger partial charge in [-0.05, 0) is 32.0 Å². The number of benzene rings is 1. The first-order valence-electron chi connectivity index (χ1n) is 5.79. The maximum absolute atomic E-state index is 11.9. The van der Waals surface area contributed by atoms with Crippen LogP contribution in [0.25, 0.3) is 0 Å². The van der Waals surface area contributed by atoms with E-state index in [1.807, 2.05) is 6.92 Å². The van der Waals surface area contributed by atoms with E-state index in [0.717, 1.165) is 5.56 Å². The van der Waals surface area contributed by atoms with Gasteiger partial charge in [0, 0.05) is 10.6 Å². The predicted molar refractivity (Wildman–Crippen MR) is 73.5 cm³/mol. The summed E-state index contributed by atoms with van der Waals surface area (Å²) in [5.74, 6) is 0.871. The summed E-state index contributed by atoms with van der Waals surface area (Å²) in [5.41, 5.74) is 0.864. The molecule has 0 saturated carbocycles. The van der Waals surface area contributed by atoms with Gasteiger partial charge in [0.15, 0.2) is 6.10 Å². The quantitative estimate of drug-likeness (QED) is 0.904. The van der Waals surface area contributed by atoms with Crippen molar-refractivity contribution in [1.29, 1.82) is 0 Å². The van der Waals surface area contributed by atoms with E-state index in [-0.39, 0.29) is 5.91 Å². The summed E-state index contributed by atoms with van der Waals surface area (Å²) in [5, 5.41) is 9.81. The molecule has 1 aromatic heterocycles. The molecule has 0 bridgehead atoms. The number of anilines is 1. The fraction of sp³-hybridized carbons (Fsp3) is 0.231. The third kappa shape index (κ3) is 3.48. The fourth-order valence-electron chi connectivity index (χ4n) is 1.50. The van der Waals surface area contributed by atoms with Crippen molar-refractivity contribution in [3.8, 4) is 5.75 Å². The number of nitrogens with one attached hydrogen (secondary N) is 2. The minimum Gasteiger partial charge on any atom is -0.481 e. The minimum atomic E-state index is -0.638. The zero-order valence-electron chi connectivity index (χ0n) is 10.6. The number of halogens is 1. The Labute approximate surface area is 115 Å². The first kappa shape index (κ1) is 13.4. The molecule has 2 aromatic rings. The summed E-state index contributed by atoms with van der Waals surface area (Å²) in [4.78, 5) is 11.9. The molecule has 0 aliphatic rings. The van der Waals surface area contributed by atoms with E-state index in [1.165, 1.54) is 0 Å². The number of carbonyl (C=O) groups excluding carboxylic acids is 1. The Kier molecular flexibility index (Phi) is 4.06. The number of hydrogen-bond acceptors (Lipinski definition) is 3. The number of H-pyrrole nitrogens is 1. The van der Waals surface area contributed by atoms with Gasteiger partial charge in [0.1, 0.15) is 11.6 Å². The SMILES string of the molecule is Cc1cn[nH]c1NC(=O)C(C)Oc1cccc(Cl)c1. The van der Waals surface area contributed by atoms with Gasteiger partial charge in [0.2, 0.25) is 0 Å². The lowest BCUT2D eigenvalue weighted by Crippen LogP contribution is -2.30. The number of ether oxygens (including phenoxy) is 1. The normalized spacial score (nSPS) is 11.9. The summed E-state index contributed by atoms with van der Waals surface area (Å²) in [6.07, 6.45) is 0.999. The molecule has 6 heteroatoms. The average molecular weight is 280 g/mol. The van der Waals surface area contributed by atoms with Gasteiger partial charge in [0.05, 0.1) is 6.20 Å². The molecule has 0 fully saturated rings. The molecule has 1 heterocycles. The maximum atomic E-state index is 11.9. The van der Waals surface area contributed by atoms with Crippen molar-refractivity contribution >= 4 is 23.3 Å². The second kappa shape index (κ2) is 5.75. The molecule has 2 N–H and O–H groups in total. The smallest absolute Gasteiger partial charge is 0.266 e. The zero-order chi connectivity index (χ0) is 13.8. The number of aromatic nitrogens is 2. The summed E-state index contributed by atoms with van der Waals surface area (Å²) in [6, 6.07) is 6.92. The van der Waals surface area contributed by atoms with Crippen LogP contribution in [0.15, 0.2) is 30.5 Å². The molecule has 1 unspecified atom stereocenters. The fourth-order valence-corrected chi connectivity index (χ4v) is 1.68. The lowest BCUT2D eigenvalue weighted by Gasteiger charge is -2.14.